The topological polar surface area (TPSA) is 24.1 Å². The van der Waals surface area contributed by atoms with Gasteiger partial charge in [-0.05, 0) is 36.5 Å². The van der Waals surface area contributed by atoms with E-state index < -0.39 is 0 Å². The van der Waals surface area contributed by atoms with Crippen LogP contribution in [0.5, 0.6) is 0 Å². The van der Waals surface area contributed by atoms with Crippen molar-refractivity contribution in [2.24, 2.45) is 0 Å². The summed E-state index contributed by atoms with van der Waals surface area (Å²) in [4.78, 5) is 1.40. The van der Waals surface area contributed by atoms with Gasteiger partial charge in [0.1, 0.15) is 0 Å². The number of hydrogen-bond acceptors (Lipinski definition) is 2. The highest BCUT2D eigenvalue weighted by atomic mass is 32.1. The number of thiocarbonyl (C=S) groups is 1. The van der Waals surface area contributed by atoms with E-state index in [2.05, 4.69) is 42.0 Å². The van der Waals surface area contributed by atoms with Crippen LogP contribution in [0.15, 0.2) is 17.5 Å². The molecule has 0 aromatic carbocycles. The van der Waals surface area contributed by atoms with Gasteiger partial charge in [-0.25, -0.2) is 0 Å². The zero-order valence-corrected chi connectivity index (χ0v) is 11.4. The SMILES string of the molecule is CC(C)(CNC(=S)NC1CC1)c1cccs1. The molecule has 2 N–H and O–H groups in total. The maximum atomic E-state index is 5.25. The first kappa shape index (κ1) is 11.9. The molecule has 0 unspecified atom stereocenters. The Morgan fingerprint density at radius 3 is 2.88 bits per heavy atom. The third-order valence-corrected chi connectivity index (χ3v) is 4.29. The first-order chi connectivity index (χ1) is 7.58. The smallest absolute Gasteiger partial charge is 0.166 e. The lowest BCUT2D eigenvalue weighted by Crippen LogP contribution is -2.42. The molecular formula is C12H18N2S2. The molecule has 0 amide bonds. The first-order valence-electron chi connectivity index (χ1n) is 5.66. The standard InChI is InChI=1S/C12H18N2S2/c1-12(2,10-4-3-7-16-10)8-13-11(15)14-9-5-6-9/h3-4,7,9H,5-6,8H2,1-2H3,(H2,13,14,15). The van der Waals surface area contributed by atoms with Crippen LogP contribution in [0.1, 0.15) is 31.6 Å². The Hall–Kier alpha value is -0.610. The summed E-state index contributed by atoms with van der Waals surface area (Å²) in [6, 6.07) is 4.91. The summed E-state index contributed by atoms with van der Waals surface area (Å²) in [5.41, 5.74) is 0.142. The van der Waals surface area contributed by atoms with E-state index in [4.69, 9.17) is 12.2 Å². The minimum Gasteiger partial charge on any atom is -0.362 e. The highest BCUT2D eigenvalue weighted by Gasteiger charge is 2.24. The third kappa shape index (κ3) is 3.19. The van der Waals surface area contributed by atoms with Gasteiger partial charge >= 0.3 is 0 Å². The molecule has 2 nitrogen and oxygen atoms in total. The molecule has 1 aromatic rings. The molecule has 0 bridgehead atoms. The van der Waals surface area contributed by atoms with E-state index in [-0.39, 0.29) is 5.41 Å². The van der Waals surface area contributed by atoms with Crippen molar-refractivity contribution in [1.82, 2.24) is 10.6 Å². The molecule has 2 rings (SSSR count). The quantitative estimate of drug-likeness (QED) is 0.808. The predicted molar refractivity (Wildman–Crippen MR) is 74.1 cm³/mol. The molecular weight excluding hydrogens is 236 g/mol. The second-order valence-electron chi connectivity index (χ2n) is 4.96. The van der Waals surface area contributed by atoms with Crippen LogP contribution in [0.3, 0.4) is 0 Å². The Morgan fingerprint density at radius 1 is 1.56 bits per heavy atom. The summed E-state index contributed by atoms with van der Waals surface area (Å²) >= 11 is 7.05. The fourth-order valence-corrected chi connectivity index (χ4v) is 2.61. The molecule has 0 radical (unpaired) electrons. The highest BCUT2D eigenvalue weighted by Crippen LogP contribution is 2.26. The Labute approximate surface area is 106 Å². The van der Waals surface area contributed by atoms with E-state index in [0.717, 1.165) is 11.7 Å². The maximum absolute atomic E-state index is 5.25. The highest BCUT2D eigenvalue weighted by molar-refractivity contribution is 7.80. The Bertz CT molecular complexity index is 353. The minimum absolute atomic E-state index is 0.142. The van der Waals surface area contributed by atoms with Gasteiger partial charge in [-0.2, -0.15) is 0 Å². The van der Waals surface area contributed by atoms with E-state index in [1.54, 1.807) is 11.3 Å². The largest absolute Gasteiger partial charge is 0.362 e. The summed E-state index contributed by atoms with van der Waals surface area (Å²) in [5.74, 6) is 0. The minimum atomic E-state index is 0.142. The molecule has 1 aromatic heterocycles. The zero-order chi connectivity index (χ0) is 11.6. The van der Waals surface area contributed by atoms with Crippen LogP contribution in [0.2, 0.25) is 0 Å². The lowest BCUT2D eigenvalue weighted by atomic mass is 9.91. The maximum Gasteiger partial charge on any atom is 0.166 e. The molecule has 4 heteroatoms. The number of rotatable bonds is 4. The van der Waals surface area contributed by atoms with E-state index in [0.29, 0.717) is 6.04 Å². The number of hydrogen-bond donors (Lipinski definition) is 2. The molecule has 1 fully saturated rings. The van der Waals surface area contributed by atoms with Gasteiger partial charge in [0.05, 0.1) is 0 Å². The second kappa shape index (κ2) is 4.72. The monoisotopic (exact) mass is 254 g/mol. The van der Waals surface area contributed by atoms with Gasteiger partial charge in [0, 0.05) is 22.9 Å². The van der Waals surface area contributed by atoms with Crippen molar-refractivity contribution in [2.75, 3.05) is 6.54 Å². The van der Waals surface area contributed by atoms with Gasteiger partial charge in [-0.1, -0.05) is 19.9 Å². The van der Waals surface area contributed by atoms with Gasteiger partial charge in [0.2, 0.25) is 0 Å². The van der Waals surface area contributed by atoms with Gasteiger partial charge in [0.25, 0.3) is 0 Å². The van der Waals surface area contributed by atoms with Gasteiger partial charge in [-0.3, -0.25) is 0 Å². The molecule has 0 spiro atoms. The van der Waals surface area contributed by atoms with Crippen LogP contribution in [-0.4, -0.2) is 17.7 Å². The average molecular weight is 254 g/mol. The molecule has 16 heavy (non-hydrogen) atoms. The first-order valence-corrected chi connectivity index (χ1v) is 6.95. The van der Waals surface area contributed by atoms with Gasteiger partial charge < -0.3 is 10.6 Å². The lowest BCUT2D eigenvalue weighted by Gasteiger charge is -2.24. The van der Waals surface area contributed by atoms with Crippen molar-refractivity contribution in [3.8, 4) is 0 Å². The molecule has 88 valence electrons. The van der Waals surface area contributed by atoms with E-state index in [1.807, 2.05) is 0 Å². The Kier molecular flexibility index (Phi) is 3.50. The normalized spacial score (nSPS) is 15.9. The molecule has 1 aliphatic carbocycles. The van der Waals surface area contributed by atoms with Crippen molar-refractivity contribution in [3.05, 3.63) is 22.4 Å². The lowest BCUT2D eigenvalue weighted by molar-refractivity contribution is 0.521. The van der Waals surface area contributed by atoms with Crippen LogP contribution in [0.4, 0.5) is 0 Å². The molecule has 1 heterocycles. The molecule has 0 aliphatic heterocycles. The molecule has 1 aliphatic rings. The van der Waals surface area contributed by atoms with Crippen LogP contribution >= 0.6 is 23.6 Å². The predicted octanol–water partition coefficient (Wildman–Crippen LogP) is 2.65. The van der Waals surface area contributed by atoms with Gasteiger partial charge in [0.15, 0.2) is 5.11 Å². The van der Waals surface area contributed by atoms with Crippen LogP contribution in [0, 0.1) is 0 Å². The zero-order valence-electron chi connectivity index (χ0n) is 9.75. The Morgan fingerprint density at radius 2 is 2.31 bits per heavy atom. The van der Waals surface area contributed by atoms with Crippen molar-refractivity contribution >= 4 is 28.7 Å². The van der Waals surface area contributed by atoms with Crippen molar-refractivity contribution in [1.29, 1.82) is 0 Å². The summed E-state index contributed by atoms with van der Waals surface area (Å²) in [5, 5.41) is 9.53. The summed E-state index contributed by atoms with van der Waals surface area (Å²) < 4.78 is 0. The third-order valence-electron chi connectivity index (χ3n) is 2.79. The van der Waals surface area contributed by atoms with E-state index in [1.165, 1.54) is 17.7 Å². The fourth-order valence-electron chi connectivity index (χ4n) is 1.52. The average Bonchev–Trinajstić information content (AvgIpc) is 2.86. The Balaban J connectivity index is 1.81. The van der Waals surface area contributed by atoms with E-state index in [9.17, 15) is 0 Å². The summed E-state index contributed by atoms with van der Waals surface area (Å²) in [6.07, 6.45) is 2.52. The summed E-state index contributed by atoms with van der Waals surface area (Å²) in [6.45, 7) is 5.36. The molecule has 0 saturated heterocycles. The van der Waals surface area contributed by atoms with Crippen LogP contribution < -0.4 is 10.6 Å². The molecule has 0 atom stereocenters. The van der Waals surface area contributed by atoms with E-state index >= 15 is 0 Å². The van der Waals surface area contributed by atoms with Crippen LogP contribution in [-0.2, 0) is 5.41 Å². The van der Waals surface area contributed by atoms with Crippen molar-refractivity contribution in [3.63, 3.8) is 0 Å². The van der Waals surface area contributed by atoms with Crippen molar-refractivity contribution in [2.45, 2.75) is 38.1 Å². The van der Waals surface area contributed by atoms with Crippen LogP contribution in [0.25, 0.3) is 0 Å². The second-order valence-corrected chi connectivity index (χ2v) is 6.32. The number of nitrogens with one attached hydrogen (secondary N) is 2. The van der Waals surface area contributed by atoms with Crippen molar-refractivity contribution < 1.29 is 0 Å². The summed E-state index contributed by atoms with van der Waals surface area (Å²) in [7, 11) is 0. The number of thiophene rings is 1. The molecule has 1 saturated carbocycles. The fraction of sp³-hybridized carbons (Fsp3) is 0.583. The van der Waals surface area contributed by atoms with Gasteiger partial charge in [-0.15, -0.1) is 11.3 Å².